The largest absolute Gasteiger partial charge is 0.348 e. The number of imidazole rings is 1. The Morgan fingerprint density at radius 2 is 2.44 bits per heavy atom. The van der Waals surface area contributed by atoms with Gasteiger partial charge >= 0.3 is 0 Å². The van der Waals surface area contributed by atoms with Crippen LogP contribution in [0, 0.1) is 0 Å². The van der Waals surface area contributed by atoms with Crippen LogP contribution < -0.4 is 5.32 Å². The Morgan fingerprint density at radius 3 is 3.12 bits per heavy atom. The number of anilines is 1. The van der Waals surface area contributed by atoms with Crippen molar-refractivity contribution in [2.75, 3.05) is 5.32 Å². The molecular formula is C10H14N6. The van der Waals surface area contributed by atoms with Crippen LogP contribution in [-0.4, -0.2) is 24.3 Å². The summed E-state index contributed by atoms with van der Waals surface area (Å²) in [5.41, 5.74) is 0. The monoisotopic (exact) mass is 218 g/mol. The molecule has 0 radical (unpaired) electrons. The fourth-order valence-electron chi connectivity index (χ4n) is 1.39. The van der Waals surface area contributed by atoms with Crippen LogP contribution in [0.4, 0.5) is 5.95 Å². The highest BCUT2D eigenvalue weighted by molar-refractivity contribution is 5.26. The first kappa shape index (κ1) is 10.4. The van der Waals surface area contributed by atoms with Gasteiger partial charge in [0, 0.05) is 26.0 Å². The number of allylic oxidation sites excluding steroid dienone is 1. The number of nitrogens with one attached hydrogen (secondary N) is 1. The number of rotatable bonds is 5. The Kier molecular flexibility index (Phi) is 3.00. The molecule has 0 aliphatic carbocycles. The van der Waals surface area contributed by atoms with Gasteiger partial charge < -0.3 is 14.5 Å². The number of nitrogens with zero attached hydrogens (tertiary/aromatic N) is 5. The van der Waals surface area contributed by atoms with Gasteiger partial charge in [-0.1, -0.05) is 6.08 Å². The van der Waals surface area contributed by atoms with Gasteiger partial charge in [-0.25, -0.2) is 4.98 Å². The third kappa shape index (κ3) is 2.10. The van der Waals surface area contributed by atoms with E-state index in [2.05, 4.69) is 27.1 Å². The summed E-state index contributed by atoms with van der Waals surface area (Å²) >= 11 is 0. The van der Waals surface area contributed by atoms with E-state index in [1.54, 1.807) is 12.5 Å². The predicted octanol–water partition coefficient (Wildman–Crippen LogP) is 0.810. The minimum atomic E-state index is 0.602. The molecule has 6 heteroatoms. The van der Waals surface area contributed by atoms with E-state index in [1.807, 2.05) is 28.5 Å². The predicted molar refractivity (Wildman–Crippen MR) is 60.8 cm³/mol. The molecule has 0 saturated heterocycles. The van der Waals surface area contributed by atoms with Gasteiger partial charge in [0.2, 0.25) is 5.95 Å². The molecule has 0 fully saturated rings. The van der Waals surface area contributed by atoms with E-state index in [0.717, 1.165) is 18.3 Å². The number of hydrogen-bond donors (Lipinski definition) is 1. The molecule has 0 saturated carbocycles. The zero-order valence-electron chi connectivity index (χ0n) is 9.17. The van der Waals surface area contributed by atoms with Gasteiger partial charge in [-0.2, -0.15) is 0 Å². The van der Waals surface area contributed by atoms with Crippen molar-refractivity contribution in [3.8, 4) is 0 Å². The molecule has 0 aromatic carbocycles. The maximum Gasteiger partial charge on any atom is 0.203 e. The molecule has 2 aromatic rings. The summed E-state index contributed by atoms with van der Waals surface area (Å²) < 4.78 is 3.84. The molecule has 2 aromatic heterocycles. The fraction of sp³-hybridized carbons (Fsp3) is 0.300. The van der Waals surface area contributed by atoms with E-state index < -0.39 is 0 Å². The first-order valence-electron chi connectivity index (χ1n) is 5.00. The Labute approximate surface area is 93.6 Å². The summed E-state index contributed by atoms with van der Waals surface area (Å²) in [6.07, 6.45) is 7.16. The van der Waals surface area contributed by atoms with Crippen LogP contribution in [0.3, 0.4) is 0 Å². The standard InChI is InChI=1S/C10H14N6/c1-3-5-16-6-4-11-10(16)12-7-9-14-13-8-15(9)2/h3-4,6,8H,1,5,7H2,2H3,(H,11,12). The lowest BCUT2D eigenvalue weighted by Gasteiger charge is -2.07. The van der Waals surface area contributed by atoms with Gasteiger partial charge in [-0.3, -0.25) is 0 Å². The van der Waals surface area contributed by atoms with Crippen LogP contribution in [-0.2, 0) is 20.1 Å². The van der Waals surface area contributed by atoms with E-state index >= 15 is 0 Å². The molecule has 2 heterocycles. The van der Waals surface area contributed by atoms with Crippen molar-refractivity contribution >= 4 is 5.95 Å². The lowest BCUT2D eigenvalue weighted by molar-refractivity contribution is 0.782. The van der Waals surface area contributed by atoms with Crippen LogP contribution in [0.15, 0.2) is 31.4 Å². The van der Waals surface area contributed by atoms with Crippen LogP contribution in [0.25, 0.3) is 0 Å². The summed E-state index contributed by atoms with van der Waals surface area (Å²) in [7, 11) is 1.91. The van der Waals surface area contributed by atoms with Crippen LogP contribution in [0.2, 0.25) is 0 Å². The minimum Gasteiger partial charge on any atom is -0.348 e. The first-order chi connectivity index (χ1) is 7.81. The molecule has 0 amide bonds. The van der Waals surface area contributed by atoms with Gasteiger partial charge in [-0.05, 0) is 0 Å². The third-order valence-corrected chi connectivity index (χ3v) is 2.25. The van der Waals surface area contributed by atoms with Crippen molar-refractivity contribution in [1.29, 1.82) is 0 Å². The van der Waals surface area contributed by atoms with Crippen molar-refractivity contribution < 1.29 is 0 Å². The summed E-state index contributed by atoms with van der Waals surface area (Å²) in [4.78, 5) is 4.21. The van der Waals surface area contributed by atoms with E-state index in [4.69, 9.17) is 0 Å². The Hall–Kier alpha value is -2.11. The lowest BCUT2D eigenvalue weighted by atomic mass is 10.5. The van der Waals surface area contributed by atoms with Crippen molar-refractivity contribution in [3.05, 3.63) is 37.2 Å². The Balaban J connectivity index is 2.02. The second-order valence-electron chi connectivity index (χ2n) is 3.40. The molecule has 0 atom stereocenters. The molecule has 0 spiro atoms. The molecule has 0 aliphatic rings. The van der Waals surface area contributed by atoms with E-state index in [9.17, 15) is 0 Å². The molecule has 2 rings (SSSR count). The van der Waals surface area contributed by atoms with E-state index in [0.29, 0.717) is 6.54 Å². The van der Waals surface area contributed by atoms with Crippen molar-refractivity contribution in [3.63, 3.8) is 0 Å². The van der Waals surface area contributed by atoms with Crippen molar-refractivity contribution in [2.24, 2.45) is 7.05 Å². The van der Waals surface area contributed by atoms with E-state index in [-0.39, 0.29) is 0 Å². The second kappa shape index (κ2) is 4.61. The van der Waals surface area contributed by atoms with Crippen molar-refractivity contribution in [2.45, 2.75) is 13.1 Å². The molecular weight excluding hydrogens is 204 g/mol. The topological polar surface area (TPSA) is 60.6 Å². The summed E-state index contributed by atoms with van der Waals surface area (Å²) in [5.74, 6) is 1.68. The number of hydrogen-bond acceptors (Lipinski definition) is 4. The summed E-state index contributed by atoms with van der Waals surface area (Å²) in [6.45, 7) is 5.04. The maximum absolute atomic E-state index is 4.21. The lowest BCUT2D eigenvalue weighted by Crippen LogP contribution is -2.10. The van der Waals surface area contributed by atoms with E-state index in [1.165, 1.54) is 0 Å². The quantitative estimate of drug-likeness (QED) is 0.754. The molecule has 0 aliphatic heterocycles. The average molecular weight is 218 g/mol. The van der Waals surface area contributed by atoms with Gasteiger partial charge in [0.05, 0.1) is 6.54 Å². The highest BCUT2D eigenvalue weighted by Crippen LogP contribution is 2.05. The molecule has 0 bridgehead atoms. The summed E-state index contributed by atoms with van der Waals surface area (Å²) in [6, 6.07) is 0. The van der Waals surface area contributed by atoms with Gasteiger partial charge in [-0.15, -0.1) is 16.8 Å². The van der Waals surface area contributed by atoms with Crippen molar-refractivity contribution in [1.82, 2.24) is 24.3 Å². The fourth-order valence-corrected chi connectivity index (χ4v) is 1.39. The number of aryl methyl sites for hydroxylation is 1. The van der Waals surface area contributed by atoms with Crippen LogP contribution in [0.5, 0.6) is 0 Å². The normalized spacial score (nSPS) is 10.3. The molecule has 16 heavy (non-hydrogen) atoms. The smallest absolute Gasteiger partial charge is 0.203 e. The van der Waals surface area contributed by atoms with Gasteiger partial charge in [0.15, 0.2) is 5.82 Å². The minimum absolute atomic E-state index is 0.602. The maximum atomic E-state index is 4.21. The van der Waals surface area contributed by atoms with Gasteiger partial charge in [0.1, 0.15) is 6.33 Å². The molecule has 0 unspecified atom stereocenters. The average Bonchev–Trinajstić information content (AvgIpc) is 2.86. The Bertz CT molecular complexity index is 469. The number of aromatic nitrogens is 5. The molecule has 1 N–H and O–H groups in total. The Morgan fingerprint density at radius 1 is 1.56 bits per heavy atom. The van der Waals surface area contributed by atoms with Crippen LogP contribution in [0.1, 0.15) is 5.82 Å². The SMILES string of the molecule is C=CCn1ccnc1NCc1nncn1C. The third-order valence-electron chi connectivity index (χ3n) is 2.25. The highest BCUT2D eigenvalue weighted by Gasteiger charge is 2.03. The first-order valence-corrected chi connectivity index (χ1v) is 5.00. The second-order valence-corrected chi connectivity index (χ2v) is 3.40. The zero-order valence-corrected chi connectivity index (χ0v) is 9.17. The van der Waals surface area contributed by atoms with Crippen LogP contribution >= 0.6 is 0 Å². The zero-order chi connectivity index (χ0) is 11.4. The summed E-state index contributed by atoms with van der Waals surface area (Å²) in [5, 5.41) is 11.0. The highest BCUT2D eigenvalue weighted by atomic mass is 15.3. The van der Waals surface area contributed by atoms with Gasteiger partial charge in [0.25, 0.3) is 0 Å². The molecule has 6 nitrogen and oxygen atoms in total. The molecule has 84 valence electrons.